The number of hydrogen-bond donors (Lipinski definition) is 0. The van der Waals surface area contributed by atoms with Crippen LogP contribution in [0.4, 0.5) is 0 Å². The largest absolute Gasteiger partial charge is 0.371 e. The average Bonchev–Trinajstić information content (AvgIpc) is 3.48. The predicted octanol–water partition coefficient (Wildman–Crippen LogP) is 1.40. The Hall–Kier alpha value is -2.27. The molecule has 10 heteroatoms. The smallest absolute Gasteiger partial charge is 0.294 e. The van der Waals surface area contributed by atoms with Gasteiger partial charge in [-0.1, -0.05) is 6.07 Å². The minimum absolute atomic E-state index is 0.144. The summed E-state index contributed by atoms with van der Waals surface area (Å²) < 4.78 is 13.9. The van der Waals surface area contributed by atoms with Crippen molar-refractivity contribution >= 4 is 11.0 Å². The Morgan fingerprint density at radius 2 is 1.91 bits per heavy atom. The number of aryl methyl sites for hydroxylation is 3. The second-order valence-corrected chi connectivity index (χ2v) is 9.08. The van der Waals surface area contributed by atoms with Gasteiger partial charge in [0.1, 0.15) is 12.2 Å². The normalized spacial score (nSPS) is 28.9. The minimum atomic E-state index is -0.749. The van der Waals surface area contributed by atoms with Gasteiger partial charge in [-0.25, -0.2) is 4.98 Å². The van der Waals surface area contributed by atoms with Gasteiger partial charge in [0.2, 0.25) is 0 Å². The van der Waals surface area contributed by atoms with Crippen LogP contribution in [0.1, 0.15) is 17.5 Å². The Balaban J connectivity index is 1.09. The van der Waals surface area contributed by atoms with E-state index in [4.69, 9.17) is 14.3 Å². The van der Waals surface area contributed by atoms with Crippen molar-refractivity contribution in [3.63, 3.8) is 0 Å². The molecule has 5 rings (SSSR count). The zero-order valence-electron chi connectivity index (χ0n) is 18.7. The fourth-order valence-corrected chi connectivity index (χ4v) is 5.35. The quantitative estimate of drug-likeness (QED) is 0.466. The molecule has 0 amide bonds. The third-order valence-corrected chi connectivity index (χ3v) is 7.26. The number of benzene rings is 1. The summed E-state index contributed by atoms with van der Waals surface area (Å²) in [5.74, 6) is 0. The number of fused-ring (bicyclic) bond motifs is 2. The summed E-state index contributed by atoms with van der Waals surface area (Å²) in [7, 11) is 0. The van der Waals surface area contributed by atoms with E-state index in [0.29, 0.717) is 6.61 Å². The first-order valence-electron chi connectivity index (χ1n) is 11.4. The minimum Gasteiger partial charge on any atom is -0.371 e. The average molecular weight is 446 g/mol. The maximum Gasteiger partial charge on any atom is 0.294 e. The highest BCUT2D eigenvalue weighted by Gasteiger charge is 2.51. The zero-order valence-corrected chi connectivity index (χ0v) is 18.7. The maximum atomic E-state index is 10.7. The first-order chi connectivity index (χ1) is 15.5. The monoisotopic (exact) mass is 445 g/mol. The molecule has 0 saturated carbocycles. The van der Waals surface area contributed by atoms with Crippen molar-refractivity contribution in [3.05, 3.63) is 39.7 Å². The topological polar surface area (TPSA) is 95.1 Å². The number of ether oxygens (including phenoxy) is 2. The molecule has 4 heterocycles. The molecular weight excluding hydrogens is 414 g/mol. The lowest BCUT2D eigenvalue weighted by atomic mass is 10.1. The SMILES string of the molecule is Cc1ccc2ncn(CCCN3CCN([C@H]4CO[C@H]5[C@@H]4OC[C@@H]5O[N+](=O)[O-])CC3)c2c1C. The van der Waals surface area contributed by atoms with Crippen LogP contribution >= 0.6 is 0 Å². The van der Waals surface area contributed by atoms with Gasteiger partial charge in [0, 0.05) is 32.7 Å². The Labute approximate surface area is 187 Å². The lowest BCUT2D eigenvalue weighted by molar-refractivity contribution is -0.769. The van der Waals surface area contributed by atoms with Gasteiger partial charge in [-0.3, -0.25) is 4.90 Å². The highest BCUT2D eigenvalue weighted by molar-refractivity contribution is 5.80. The van der Waals surface area contributed by atoms with Crippen molar-refractivity contribution in [1.82, 2.24) is 19.4 Å². The molecule has 174 valence electrons. The summed E-state index contributed by atoms with van der Waals surface area (Å²) in [6.45, 7) is 11.0. The number of nitrogens with zero attached hydrogens (tertiary/aromatic N) is 5. The Kier molecular flexibility index (Phi) is 6.02. The highest BCUT2D eigenvalue weighted by Crippen LogP contribution is 2.32. The zero-order chi connectivity index (χ0) is 22.2. The second-order valence-electron chi connectivity index (χ2n) is 9.08. The van der Waals surface area contributed by atoms with E-state index in [1.165, 1.54) is 16.6 Å². The van der Waals surface area contributed by atoms with Crippen LogP contribution in [0.2, 0.25) is 0 Å². The van der Waals surface area contributed by atoms with E-state index in [2.05, 4.69) is 45.3 Å². The molecule has 0 N–H and O–H groups in total. The van der Waals surface area contributed by atoms with E-state index in [0.717, 1.165) is 51.2 Å². The van der Waals surface area contributed by atoms with Crippen molar-refractivity contribution in [2.75, 3.05) is 45.9 Å². The molecule has 2 aromatic rings. The maximum absolute atomic E-state index is 10.7. The summed E-state index contributed by atoms with van der Waals surface area (Å²) in [4.78, 5) is 24.9. The first-order valence-corrected chi connectivity index (χ1v) is 11.4. The molecule has 32 heavy (non-hydrogen) atoms. The van der Waals surface area contributed by atoms with Crippen molar-refractivity contribution in [3.8, 4) is 0 Å². The van der Waals surface area contributed by atoms with E-state index in [-0.39, 0.29) is 24.9 Å². The van der Waals surface area contributed by atoms with Crippen LogP contribution < -0.4 is 0 Å². The van der Waals surface area contributed by atoms with Crippen LogP contribution in [0.5, 0.6) is 0 Å². The third kappa shape index (κ3) is 4.07. The molecule has 0 unspecified atom stereocenters. The molecule has 4 atom stereocenters. The molecular formula is C22H31N5O5. The molecule has 1 aromatic heterocycles. The Bertz CT molecular complexity index is 973. The van der Waals surface area contributed by atoms with Gasteiger partial charge in [0.15, 0.2) is 6.10 Å². The van der Waals surface area contributed by atoms with Crippen LogP contribution in [0.15, 0.2) is 18.5 Å². The molecule has 3 saturated heterocycles. The molecule has 0 radical (unpaired) electrons. The number of imidazole rings is 1. The highest BCUT2D eigenvalue weighted by atomic mass is 17.0. The van der Waals surface area contributed by atoms with Gasteiger partial charge >= 0.3 is 0 Å². The fraction of sp³-hybridized carbons (Fsp3) is 0.682. The number of piperazine rings is 1. The fourth-order valence-electron chi connectivity index (χ4n) is 5.35. The molecule has 3 aliphatic heterocycles. The van der Waals surface area contributed by atoms with E-state index in [1.807, 2.05) is 6.33 Å². The summed E-state index contributed by atoms with van der Waals surface area (Å²) in [6, 6.07) is 4.38. The molecule has 0 spiro atoms. The summed E-state index contributed by atoms with van der Waals surface area (Å²) in [5, 5.41) is 9.92. The standard InChI is InChI=1S/C22H31N5O5/c1-15-4-5-17-20(16(15)2)26(14-23-17)7-3-6-24-8-10-25(11-9-24)18-12-30-22-19(32-27(28)29)13-31-21(18)22/h4-5,14,18-19,21-22H,3,6-13H2,1-2H3/t18-,19-,21+,22+/m0/s1. The van der Waals surface area contributed by atoms with Crippen molar-refractivity contribution < 1.29 is 19.4 Å². The molecule has 3 aliphatic rings. The Morgan fingerprint density at radius 3 is 2.69 bits per heavy atom. The third-order valence-electron chi connectivity index (χ3n) is 7.26. The molecule has 3 fully saturated rings. The van der Waals surface area contributed by atoms with Crippen LogP contribution in [0, 0.1) is 24.0 Å². The molecule has 1 aromatic carbocycles. The summed E-state index contributed by atoms with van der Waals surface area (Å²) in [5.41, 5.74) is 4.93. The van der Waals surface area contributed by atoms with Crippen LogP contribution in [-0.4, -0.2) is 94.7 Å². The van der Waals surface area contributed by atoms with Crippen LogP contribution in [0.25, 0.3) is 11.0 Å². The van der Waals surface area contributed by atoms with Gasteiger partial charge in [-0.2, -0.15) is 0 Å². The van der Waals surface area contributed by atoms with E-state index in [9.17, 15) is 10.1 Å². The van der Waals surface area contributed by atoms with Crippen LogP contribution in [0.3, 0.4) is 0 Å². The number of rotatable bonds is 7. The predicted molar refractivity (Wildman–Crippen MR) is 117 cm³/mol. The molecule has 0 aliphatic carbocycles. The van der Waals surface area contributed by atoms with Crippen molar-refractivity contribution in [2.45, 2.75) is 51.2 Å². The van der Waals surface area contributed by atoms with Crippen molar-refractivity contribution in [2.24, 2.45) is 0 Å². The van der Waals surface area contributed by atoms with Crippen molar-refractivity contribution in [1.29, 1.82) is 0 Å². The summed E-state index contributed by atoms with van der Waals surface area (Å²) in [6.07, 6.45) is 1.93. The van der Waals surface area contributed by atoms with E-state index < -0.39 is 11.2 Å². The van der Waals surface area contributed by atoms with Gasteiger partial charge in [0.05, 0.1) is 36.6 Å². The van der Waals surface area contributed by atoms with Crippen LogP contribution in [-0.2, 0) is 20.9 Å². The lowest BCUT2D eigenvalue weighted by Crippen LogP contribution is -2.54. The number of aromatic nitrogens is 2. The second kappa shape index (κ2) is 8.93. The Morgan fingerprint density at radius 1 is 1.12 bits per heavy atom. The van der Waals surface area contributed by atoms with Gasteiger partial charge < -0.3 is 23.8 Å². The molecule has 10 nitrogen and oxygen atoms in total. The van der Waals surface area contributed by atoms with Gasteiger partial charge in [-0.15, -0.1) is 10.1 Å². The first kappa shape index (κ1) is 21.6. The number of hydrogen-bond acceptors (Lipinski definition) is 8. The van der Waals surface area contributed by atoms with E-state index in [1.54, 1.807) is 0 Å². The van der Waals surface area contributed by atoms with Gasteiger partial charge in [0.25, 0.3) is 5.09 Å². The molecule has 0 bridgehead atoms. The lowest BCUT2D eigenvalue weighted by Gasteiger charge is -2.38. The van der Waals surface area contributed by atoms with E-state index >= 15 is 0 Å². The van der Waals surface area contributed by atoms with Gasteiger partial charge in [-0.05, 0) is 44.0 Å². The summed E-state index contributed by atoms with van der Waals surface area (Å²) >= 11 is 0.